The summed E-state index contributed by atoms with van der Waals surface area (Å²) in [6, 6.07) is 28.5. The normalized spacial score (nSPS) is 16.8. The molecule has 0 radical (unpaired) electrons. The molecular formula is C103H182BrClN6O17. The number of amides is 4. The second kappa shape index (κ2) is 80.6. The lowest BCUT2D eigenvalue weighted by Gasteiger charge is -2.24. The fourth-order valence-electron chi connectivity index (χ4n) is 13.7. The number of halogens is 2. The molecule has 25 heteroatoms. The van der Waals surface area contributed by atoms with E-state index in [-0.39, 0.29) is 98.2 Å². The van der Waals surface area contributed by atoms with Crippen LogP contribution in [-0.4, -0.2) is 126 Å². The van der Waals surface area contributed by atoms with Gasteiger partial charge in [0, 0.05) is 55.6 Å². The van der Waals surface area contributed by atoms with E-state index in [9.17, 15) is 47.9 Å². The van der Waals surface area contributed by atoms with Crippen LogP contribution in [0.1, 0.15) is 372 Å². The van der Waals surface area contributed by atoms with Gasteiger partial charge >= 0.3 is 36.1 Å². The molecule has 23 nitrogen and oxygen atoms in total. The number of cyclic esters (lactones) is 3. The Bertz CT molecular complexity index is 3330. The number of hydrogen-bond donors (Lipinski definition) is 5. The minimum absolute atomic E-state index is 0. The second-order valence-electron chi connectivity index (χ2n) is 37.1. The minimum Gasteiger partial charge on any atom is -0.481 e. The number of imide groups is 2. The van der Waals surface area contributed by atoms with Crippen LogP contribution in [0.3, 0.4) is 0 Å². The highest BCUT2D eigenvalue weighted by atomic mass is 79.9. The van der Waals surface area contributed by atoms with Crippen LogP contribution in [0.25, 0.3) is 10.4 Å². The Hall–Kier alpha value is -7.24. The third-order valence-electron chi connectivity index (χ3n) is 20.9. The summed E-state index contributed by atoms with van der Waals surface area (Å²) in [7, 11) is 0. The molecule has 6 N–H and O–H groups in total. The van der Waals surface area contributed by atoms with Gasteiger partial charge in [-0.2, -0.15) is 0 Å². The summed E-state index contributed by atoms with van der Waals surface area (Å²) in [5.74, 6) is 5.29. The van der Waals surface area contributed by atoms with Crippen molar-refractivity contribution in [2.45, 2.75) is 368 Å². The van der Waals surface area contributed by atoms with E-state index in [1.807, 2.05) is 153 Å². The molecule has 740 valence electrons. The molecule has 0 aromatic heterocycles. The molecule has 11 atom stereocenters. The highest BCUT2D eigenvalue weighted by Crippen LogP contribution is 2.37. The Morgan fingerprint density at radius 3 is 1.09 bits per heavy atom. The summed E-state index contributed by atoms with van der Waals surface area (Å²) >= 11 is 8.05. The quantitative estimate of drug-likeness (QED) is 0.00673. The summed E-state index contributed by atoms with van der Waals surface area (Å²) in [6.45, 7) is 59.7. The molecule has 0 bridgehead atoms. The molecular weight excluding hydrogens is 1710 g/mol. The number of carbonyl (C=O) groups is 10. The molecule has 128 heavy (non-hydrogen) atoms. The first-order valence-electron chi connectivity index (χ1n) is 46.6. The summed E-state index contributed by atoms with van der Waals surface area (Å²) in [6.07, 6.45) is 15.2. The molecule has 3 saturated heterocycles. The van der Waals surface area contributed by atoms with E-state index in [0.29, 0.717) is 110 Å². The summed E-state index contributed by atoms with van der Waals surface area (Å²) in [5.41, 5.74) is 16.5. The molecule has 3 aliphatic rings. The number of ketones is 1. The second-order valence-corrected chi connectivity index (χ2v) is 38.1. The van der Waals surface area contributed by atoms with Crippen molar-refractivity contribution in [3.8, 4) is 0 Å². The third-order valence-corrected chi connectivity index (χ3v) is 21.8. The number of nitrogens with two attached hydrogens (primary N) is 1. The van der Waals surface area contributed by atoms with E-state index in [4.69, 9.17) is 57.5 Å². The van der Waals surface area contributed by atoms with Gasteiger partial charge in [-0.3, -0.25) is 38.4 Å². The van der Waals surface area contributed by atoms with Gasteiger partial charge in [-0.1, -0.05) is 326 Å². The van der Waals surface area contributed by atoms with Crippen LogP contribution in [-0.2, 0) is 52.6 Å². The number of carboxylic acid groups (broad SMARTS) is 3. The number of ether oxygens (including phenoxy) is 3. The van der Waals surface area contributed by atoms with Crippen molar-refractivity contribution in [1.29, 1.82) is 0 Å². The first kappa shape index (κ1) is 134. The Morgan fingerprint density at radius 1 is 0.484 bits per heavy atom. The smallest absolute Gasteiger partial charge is 0.417 e. The Kier molecular flexibility index (Phi) is 84.3. The number of rotatable bonds is 39. The molecule has 0 aliphatic carbocycles. The maximum atomic E-state index is 12.7. The van der Waals surface area contributed by atoms with E-state index in [2.05, 4.69) is 151 Å². The van der Waals surface area contributed by atoms with E-state index < -0.39 is 30.1 Å². The number of hydrogen-bond acceptors (Lipinski definition) is 16. The van der Waals surface area contributed by atoms with E-state index in [1.54, 1.807) is 0 Å². The topological polar surface area (TPSA) is 361 Å². The molecule has 6 rings (SSSR count). The van der Waals surface area contributed by atoms with Gasteiger partial charge in [-0.15, -0.1) is 0 Å². The maximum absolute atomic E-state index is 12.7. The summed E-state index contributed by atoms with van der Waals surface area (Å²) in [4.78, 5) is 116. The Morgan fingerprint density at radius 2 is 0.828 bits per heavy atom. The van der Waals surface area contributed by atoms with E-state index in [0.717, 1.165) is 111 Å². The van der Waals surface area contributed by atoms with E-state index in [1.165, 1.54) is 36.0 Å². The average Bonchev–Trinajstić information content (AvgIpc) is 1.66. The predicted octanol–water partition coefficient (Wildman–Crippen LogP) is 28.1. The Balaban J connectivity index is -0.000000257. The van der Waals surface area contributed by atoms with Crippen LogP contribution < -0.4 is 5.73 Å². The van der Waals surface area contributed by atoms with Gasteiger partial charge in [0.05, 0.1) is 29.8 Å². The summed E-state index contributed by atoms with van der Waals surface area (Å²) in [5, 5.41) is 37.9. The molecule has 0 spiro atoms. The fraction of sp³-hybridized carbons (Fsp3) is 0.728. The van der Waals surface area contributed by atoms with Gasteiger partial charge in [0.1, 0.15) is 24.1 Å². The van der Waals surface area contributed by atoms with Crippen LogP contribution in [0.2, 0.25) is 0 Å². The van der Waals surface area contributed by atoms with E-state index >= 15 is 0 Å². The zero-order chi connectivity index (χ0) is 97.9. The number of nitrogens with zero attached hydrogens (tertiary/aromatic N) is 5. The fourth-order valence-corrected chi connectivity index (χ4v) is 13.8. The largest absolute Gasteiger partial charge is 0.481 e. The van der Waals surface area contributed by atoms with Gasteiger partial charge in [0.25, 0.3) is 0 Å². The first-order chi connectivity index (χ1) is 59.0. The number of benzene rings is 3. The van der Waals surface area contributed by atoms with Crippen molar-refractivity contribution in [2.75, 3.05) is 25.0 Å². The molecule has 4 amide bonds. The molecule has 3 aromatic carbocycles. The minimum atomic E-state index is -0.749. The third kappa shape index (κ3) is 69.7. The zero-order valence-corrected chi connectivity index (χ0v) is 85.3. The molecule has 3 fully saturated rings. The number of aliphatic carboxylic acids is 3. The molecule has 3 aromatic rings. The van der Waals surface area contributed by atoms with Crippen molar-refractivity contribution in [1.82, 2.24) is 9.80 Å². The van der Waals surface area contributed by atoms with Crippen molar-refractivity contribution in [3.63, 3.8) is 0 Å². The van der Waals surface area contributed by atoms with Gasteiger partial charge < -0.3 is 40.4 Å². The first-order valence-corrected chi connectivity index (χ1v) is 48.1. The van der Waals surface area contributed by atoms with Crippen molar-refractivity contribution in [3.05, 3.63) is 118 Å². The van der Waals surface area contributed by atoms with Crippen molar-refractivity contribution in [2.24, 2.45) is 106 Å². The lowest BCUT2D eigenvalue weighted by molar-refractivity contribution is -0.143. The predicted molar refractivity (Wildman–Crippen MR) is 531 cm³/mol. The standard InChI is InChI=1S/C18H25NO3.C16H21NO3.C11H12O2.C9H20.C8H17N3.C8H17NO2.C8H16O2.C8H18O.C6H11ClO.C6H12O2.C3H5BrO.2CH4/c1-5-14(11-12(2)3)17(20)19-13(4)16(22-18(19)21)15-9-7-6-8-10-15;1-11(2)9-10-14(18)17-12(3)15(20-16(17)19)13-7-5-4-6-8-13;1-8-7-10(12)13-11(8)9-5-3-2-4-6-9;1-5-9(6-2)7-8(3)4;1-4-8(5-7(2)3)6-10-11-9;1-6(2)3-7(5-9)4-8(10)11;1-4-7(8(9)10)5-6(2)3;1-4-8(6-9)5-7(2)3;2*1-5(2)3-4-6(7)8;1-3(5)2-4;;/h6-10,12-14,16H,5,11H2,1-4H3;4-8,11-12,15H,9-10H2,1-3H3;2-6,8,11H,7H2,1H3;8-9H,5-7H2,1-4H3;7-8H,4-6H2,1-3H3;6-7H,3-5,9H2,1-2H3,(H,10,11);6-7H,4-5H2,1-3H3,(H,9,10);7-9H,4-6H2,1-3H3;5H,3-4H2,1-2H3;5H,3-4H2,1-2H3,(H,7,8);2H2,1H3;2*1H4/t13?,14-,16?;;;;8-;2*7-;8-;;;;;/m1...1011...../s1. The van der Waals surface area contributed by atoms with Crippen molar-refractivity contribution < 1.29 is 82.6 Å². The van der Waals surface area contributed by atoms with Gasteiger partial charge in [-0.05, 0) is 209 Å². The van der Waals surface area contributed by atoms with Crippen LogP contribution in [0, 0.1) is 94.7 Å². The maximum Gasteiger partial charge on any atom is 0.417 e. The number of carbonyl (C=O) groups excluding carboxylic acids is 7. The monoisotopic (exact) mass is 1890 g/mol. The average molecular weight is 1890 g/mol. The molecule has 3 heterocycles. The number of carboxylic acids is 3. The SMILES string of the molecule is C.C.CC(=O)CBr.CC(C)CCC(=O)Cl.CC(C)CCC(=O)N1C(=O)OC(c2ccccc2)C1C.CC(C)CCC(=O)O.CC(C)C[C@H](CN)CC(=O)O.CC1CC(=O)OC1c1ccccc1.CCC(CC)CC(C)C.CC[C@@H](CN=[N+]=[N-])CC(C)C.CC[C@@H](CO)CC(C)C.CC[C@H](CC(C)C)C(=O)N1C(=O)OC(c2ccccc2)C1C.CC[C@H](CC(C)C)C(=O)O. The van der Waals surface area contributed by atoms with Gasteiger partial charge in [0.2, 0.25) is 17.1 Å². The number of esters is 1. The number of azide groups is 1. The number of aliphatic hydroxyl groups is 1. The van der Waals surface area contributed by atoms with Gasteiger partial charge in [0.15, 0.2) is 0 Å². The van der Waals surface area contributed by atoms with Crippen LogP contribution >= 0.6 is 27.5 Å². The number of alkyl halides is 1. The number of aliphatic hydroxyl groups excluding tert-OH is 1. The lowest BCUT2D eigenvalue weighted by Crippen LogP contribution is -2.41. The molecule has 3 aliphatic heterocycles. The zero-order valence-electron chi connectivity index (χ0n) is 82.9. The molecule has 0 saturated carbocycles. The van der Waals surface area contributed by atoms with Crippen LogP contribution in [0.4, 0.5) is 9.59 Å². The van der Waals surface area contributed by atoms with Crippen molar-refractivity contribution >= 4 is 86.4 Å². The highest BCUT2D eigenvalue weighted by molar-refractivity contribution is 9.09. The molecule has 6 unspecified atom stereocenters. The van der Waals surface area contributed by atoms with Crippen LogP contribution in [0.15, 0.2) is 96.1 Å². The summed E-state index contributed by atoms with van der Waals surface area (Å²) < 4.78 is 16.0. The highest BCUT2D eigenvalue weighted by Gasteiger charge is 2.46. The lowest BCUT2D eigenvalue weighted by atomic mass is 9.92. The van der Waals surface area contributed by atoms with Gasteiger partial charge in [-0.25, -0.2) is 19.4 Å². The van der Waals surface area contributed by atoms with Crippen LogP contribution in [0.5, 0.6) is 0 Å². The number of Topliss-reactive ketones (excluding diaryl/α,β-unsaturated/α-hetero) is 1. The Labute approximate surface area is 790 Å².